The number of carbonyl (C=O) groups is 1. The molecule has 1 aliphatic heterocycles. The quantitative estimate of drug-likeness (QED) is 0.650. The van der Waals surface area contributed by atoms with Crippen LogP contribution in [0.4, 0.5) is 0 Å². The van der Waals surface area contributed by atoms with Gasteiger partial charge in [0.25, 0.3) is 0 Å². The van der Waals surface area contributed by atoms with Gasteiger partial charge in [-0.25, -0.2) is 4.98 Å². The summed E-state index contributed by atoms with van der Waals surface area (Å²) in [4.78, 5) is 14.3. The zero-order chi connectivity index (χ0) is 9.10. The van der Waals surface area contributed by atoms with Gasteiger partial charge in [0.2, 0.25) is 0 Å². The van der Waals surface area contributed by atoms with E-state index in [1.54, 1.807) is 6.20 Å². The van der Waals surface area contributed by atoms with Crippen LogP contribution in [0.1, 0.15) is 24.0 Å². The van der Waals surface area contributed by atoms with E-state index in [1.165, 1.54) is 0 Å². The Morgan fingerprint density at radius 3 is 3.31 bits per heavy atom. The maximum absolute atomic E-state index is 10.2. The number of ether oxygens (including phenoxy) is 1. The molecule has 0 spiro atoms. The lowest BCUT2D eigenvalue weighted by atomic mass is 10.1. The van der Waals surface area contributed by atoms with Crippen LogP contribution in [-0.4, -0.2) is 24.5 Å². The minimum absolute atomic E-state index is 0.278. The number of hydrogen-bond donors (Lipinski definition) is 0. The standard InChI is InChI=1S/C9H11NO3/c11-3-1-8-5-10-9(13-8)7-2-4-12-6-7/h3,5,7H,1-2,4,6H2. The minimum atomic E-state index is 0.278. The van der Waals surface area contributed by atoms with Gasteiger partial charge in [0.1, 0.15) is 12.0 Å². The molecule has 1 atom stereocenters. The van der Waals surface area contributed by atoms with Crippen molar-refractivity contribution in [3.8, 4) is 0 Å². The third-order valence-corrected chi connectivity index (χ3v) is 2.13. The van der Waals surface area contributed by atoms with Crippen LogP contribution < -0.4 is 0 Å². The van der Waals surface area contributed by atoms with E-state index < -0.39 is 0 Å². The van der Waals surface area contributed by atoms with Crippen molar-refractivity contribution < 1.29 is 13.9 Å². The van der Waals surface area contributed by atoms with Gasteiger partial charge in [0.15, 0.2) is 5.89 Å². The zero-order valence-corrected chi connectivity index (χ0v) is 7.23. The normalized spacial score (nSPS) is 22.0. The molecule has 0 amide bonds. The van der Waals surface area contributed by atoms with Crippen LogP contribution in [0.15, 0.2) is 10.6 Å². The molecule has 1 aromatic heterocycles. The highest BCUT2D eigenvalue weighted by molar-refractivity contribution is 5.52. The maximum atomic E-state index is 10.2. The zero-order valence-electron chi connectivity index (χ0n) is 7.23. The predicted octanol–water partition coefficient (Wildman–Crippen LogP) is 0.920. The van der Waals surface area contributed by atoms with Gasteiger partial charge < -0.3 is 13.9 Å². The fourth-order valence-corrected chi connectivity index (χ4v) is 1.42. The largest absolute Gasteiger partial charge is 0.445 e. The van der Waals surface area contributed by atoms with Gasteiger partial charge in [-0.3, -0.25) is 0 Å². The summed E-state index contributed by atoms with van der Waals surface area (Å²) in [7, 11) is 0. The van der Waals surface area contributed by atoms with Crippen molar-refractivity contribution in [2.45, 2.75) is 18.8 Å². The molecule has 4 heteroatoms. The second kappa shape index (κ2) is 3.70. The fraction of sp³-hybridized carbons (Fsp3) is 0.556. The van der Waals surface area contributed by atoms with Gasteiger partial charge in [-0.1, -0.05) is 0 Å². The van der Waals surface area contributed by atoms with Crippen LogP contribution >= 0.6 is 0 Å². The van der Waals surface area contributed by atoms with Crippen LogP contribution in [0.25, 0.3) is 0 Å². The molecule has 2 rings (SSSR count). The lowest BCUT2D eigenvalue weighted by Crippen LogP contribution is -1.96. The lowest BCUT2D eigenvalue weighted by Gasteiger charge is -1.99. The number of carbonyl (C=O) groups excluding carboxylic acids is 1. The van der Waals surface area contributed by atoms with E-state index in [4.69, 9.17) is 9.15 Å². The molecule has 0 aromatic carbocycles. The van der Waals surface area contributed by atoms with Crippen molar-refractivity contribution in [1.29, 1.82) is 0 Å². The van der Waals surface area contributed by atoms with Crippen molar-refractivity contribution in [1.82, 2.24) is 4.98 Å². The summed E-state index contributed by atoms with van der Waals surface area (Å²) < 4.78 is 10.6. The third kappa shape index (κ3) is 1.78. The van der Waals surface area contributed by atoms with Gasteiger partial charge in [0, 0.05) is 6.61 Å². The maximum Gasteiger partial charge on any atom is 0.199 e. The van der Waals surface area contributed by atoms with E-state index in [0.29, 0.717) is 24.7 Å². The lowest BCUT2D eigenvalue weighted by molar-refractivity contribution is -0.107. The van der Waals surface area contributed by atoms with Crippen LogP contribution in [0, 0.1) is 0 Å². The van der Waals surface area contributed by atoms with Gasteiger partial charge in [-0.05, 0) is 6.42 Å². The molecule has 1 fully saturated rings. The van der Waals surface area contributed by atoms with Gasteiger partial charge in [-0.15, -0.1) is 0 Å². The predicted molar refractivity (Wildman–Crippen MR) is 44.4 cm³/mol. The molecular weight excluding hydrogens is 170 g/mol. The topological polar surface area (TPSA) is 52.3 Å². The van der Waals surface area contributed by atoms with Crippen molar-refractivity contribution >= 4 is 6.29 Å². The molecule has 13 heavy (non-hydrogen) atoms. The Kier molecular flexibility index (Phi) is 2.40. The molecule has 4 nitrogen and oxygen atoms in total. The van der Waals surface area contributed by atoms with E-state index in [1.807, 2.05) is 0 Å². The molecule has 0 N–H and O–H groups in total. The summed E-state index contributed by atoms with van der Waals surface area (Å²) in [6, 6.07) is 0. The van der Waals surface area contributed by atoms with Crippen molar-refractivity contribution in [3.63, 3.8) is 0 Å². The minimum Gasteiger partial charge on any atom is -0.445 e. The molecule has 70 valence electrons. The van der Waals surface area contributed by atoms with E-state index in [-0.39, 0.29) is 5.92 Å². The van der Waals surface area contributed by atoms with E-state index in [0.717, 1.165) is 19.3 Å². The summed E-state index contributed by atoms with van der Waals surface area (Å²) in [6.45, 7) is 1.46. The highest BCUT2D eigenvalue weighted by Crippen LogP contribution is 2.24. The Balaban J connectivity index is 2.07. The number of rotatable bonds is 3. The average Bonchev–Trinajstić information content (AvgIpc) is 2.70. The Labute approximate surface area is 75.9 Å². The Hall–Kier alpha value is -1.16. The Bertz CT molecular complexity index is 289. The van der Waals surface area contributed by atoms with Gasteiger partial charge >= 0.3 is 0 Å². The summed E-state index contributed by atoms with van der Waals surface area (Å²) in [5.74, 6) is 1.62. The summed E-state index contributed by atoms with van der Waals surface area (Å²) in [5.41, 5.74) is 0. The second-order valence-corrected chi connectivity index (χ2v) is 3.10. The molecule has 0 bridgehead atoms. The van der Waals surface area contributed by atoms with Crippen LogP contribution in [0.3, 0.4) is 0 Å². The van der Waals surface area contributed by atoms with Gasteiger partial charge in [0.05, 0.1) is 25.1 Å². The molecule has 1 aromatic rings. The molecular formula is C9H11NO3. The molecule has 1 unspecified atom stereocenters. The molecule has 1 aliphatic rings. The molecule has 1 saturated heterocycles. The van der Waals surface area contributed by atoms with Crippen molar-refractivity contribution in [3.05, 3.63) is 17.8 Å². The van der Waals surface area contributed by atoms with Crippen molar-refractivity contribution in [2.75, 3.05) is 13.2 Å². The first-order valence-electron chi connectivity index (χ1n) is 4.36. The first-order chi connectivity index (χ1) is 6.40. The third-order valence-electron chi connectivity index (χ3n) is 2.13. The second-order valence-electron chi connectivity index (χ2n) is 3.10. The molecule has 0 saturated carbocycles. The summed E-state index contributed by atoms with van der Waals surface area (Å²) in [6.07, 6.45) is 3.69. The fourth-order valence-electron chi connectivity index (χ4n) is 1.42. The molecule has 0 radical (unpaired) electrons. The van der Waals surface area contributed by atoms with Crippen molar-refractivity contribution in [2.24, 2.45) is 0 Å². The monoisotopic (exact) mass is 181 g/mol. The van der Waals surface area contributed by atoms with Crippen LogP contribution in [-0.2, 0) is 16.0 Å². The first-order valence-corrected chi connectivity index (χ1v) is 4.36. The average molecular weight is 181 g/mol. The number of hydrogen-bond acceptors (Lipinski definition) is 4. The SMILES string of the molecule is O=CCc1cnc(C2CCOC2)o1. The van der Waals surface area contributed by atoms with E-state index in [9.17, 15) is 4.79 Å². The Morgan fingerprint density at radius 2 is 2.62 bits per heavy atom. The van der Waals surface area contributed by atoms with Crippen LogP contribution in [0.5, 0.6) is 0 Å². The number of nitrogens with zero attached hydrogens (tertiary/aromatic N) is 1. The summed E-state index contributed by atoms with van der Waals surface area (Å²) >= 11 is 0. The number of oxazole rings is 1. The smallest absolute Gasteiger partial charge is 0.199 e. The van der Waals surface area contributed by atoms with E-state index >= 15 is 0 Å². The highest BCUT2D eigenvalue weighted by atomic mass is 16.5. The molecule has 2 heterocycles. The van der Waals surface area contributed by atoms with Crippen LogP contribution in [0.2, 0.25) is 0 Å². The summed E-state index contributed by atoms with van der Waals surface area (Å²) in [5, 5.41) is 0. The highest BCUT2D eigenvalue weighted by Gasteiger charge is 2.22. The number of aromatic nitrogens is 1. The Morgan fingerprint density at radius 1 is 1.69 bits per heavy atom. The van der Waals surface area contributed by atoms with E-state index in [2.05, 4.69) is 4.98 Å². The van der Waals surface area contributed by atoms with Gasteiger partial charge in [-0.2, -0.15) is 0 Å². The molecule has 0 aliphatic carbocycles. The first kappa shape index (κ1) is 8.44. The number of aldehydes is 1.